The molecule has 1 atom stereocenters. The number of hydrogen-bond donors (Lipinski definition) is 0. The highest BCUT2D eigenvalue weighted by Crippen LogP contribution is 2.18. The quantitative estimate of drug-likeness (QED) is 0.509. The summed E-state index contributed by atoms with van der Waals surface area (Å²) in [4.78, 5) is 0. The molecular weight excluding hydrogens is 117 g/mol. The van der Waals surface area contributed by atoms with Crippen molar-refractivity contribution in [1.29, 1.82) is 0 Å². The second-order valence-corrected chi connectivity index (χ2v) is 1.57. The smallest absolute Gasteiger partial charge is 0.241 e. The molecule has 0 aliphatic carbocycles. The maximum Gasteiger partial charge on any atom is 0.275 e. The standard InChI is InChI=1S/C4H7F3.CH4/c1-3(5)4(2,6)7;/h3H,1-2H3;1H4. The van der Waals surface area contributed by atoms with Crippen LogP contribution in [0.25, 0.3) is 0 Å². The van der Waals surface area contributed by atoms with E-state index in [1.165, 1.54) is 0 Å². The number of hydrogen-bond acceptors (Lipinski definition) is 0. The van der Waals surface area contributed by atoms with E-state index >= 15 is 0 Å². The second-order valence-electron chi connectivity index (χ2n) is 1.57. The van der Waals surface area contributed by atoms with Crippen LogP contribution in [0.4, 0.5) is 13.2 Å². The van der Waals surface area contributed by atoms with Gasteiger partial charge >= 0.3 is 0 Å². The van der Waals surface area contributed by atoms with Gasteiger partial charge in [0, 0.05) is 6.92 Å². The number of alkyl halides is 3. The van der Waals surface area contributed by atoms with E-state index in [4.69, 9.17) is 0 Å². The summed E-state index contributed by atoms with van der Waals surface area (Å²) in [5, 5.41) is 0. The molecular formula is C5H11F3. The van der Waals surface area contributed by atoms with Gasteiger partial charge in [0.25, 0.3) is 5.92 Å². The SMILES string of the molecule is C.CC(F)C(C)(F)F. The molecule has 0 saturated heterocycles. The first-order valence-electron chi connectivity index (χ1n) is 1.96. The molecule has 0 aliphatic rings. The zero-order chi connectivity index (χ0) is 6.08. The van der Waals surface area contributed by atoms with Gasteiger partial charge in [-0.05, 0) is 6.92 Å². The fourth-order valence-electron chi connectivity index (χ4n) is 0. The van der Waals surface area contributed by atoms with Crippen molar-refractivity contribution in [2.24, 2.45) is 0 Å². The van der Waals surface area contributed by atoms with E-state index in [-0.39, 0.29) is 7.43 Å². The molecule has 1 unspecified atom stereocenters. The lowest BCUT2D eigenvalue weighted by molar-refractivity contribution is -0.0469. The molecule has 8 heavy (non-hydrogen) atoms. The molecule has 52 valence electrons. The Hall–Kier alpha value is -0.210. The van der Waals surface area contributed by atoms with Crippen molar-refractivity contribution in [1.82, 2.24) is 0 Å². The zero-order valence-electron chi connectivity index (χ0n) is 4.21. The Morgan fingerprint density at radius 1 is 1.38 bits per heavy atom. The average Bonchev–Trinajstić information content (AvgIpc) is 1.31. The van der Waals surface area contributed by atoms with Crippen LogP contribution in [-0.2, 0) is 0 Å². The highest BCUT2D eigenvalue weighted by molar-refractivity contribution is 4.64. The van der Waals surface area contributed by atoms with Crippen LogP contribution in [0, 0.1) is 0 Å². The minimum absolute atomic E-state index is 0. The molecule has 0 heterocycles. The van der Waals surface area contributed by atoms with Crippen LogP contribution in [-0.4, -0.2) is 12.1 Å². The third-order valence-electron chi connectivity index (χ3n) is 0.698. The Kier molecular flexibility index (Phi) is 3.95. The van der Waals surface area contributed by atoms with Crippen LogP contribution >= 0.6 is 0 Å². The van der Waals surface area contributed by atoms with Gasteiger partial charge in [0.05, 0.1) is 0 Å². The summed E-state index contributed by atoms with van der Waals surface area (Å²) in [6.45, 7) is 1.39. The molecule has 0 aromatic carbocycles. The first-order chi connectivity index (χ1) is 2.94. The number of halogens is 3. The predicted molar refractivity (Wildman–Crippen MR) is 27.9 cm³/mol. The molecule has 0 radical (unpaired) electrons. The Morgan fingerprint density at radius 2 is 1.50 bits per heavy atom. The third-order valence-corrected chi connectivity index (χ3v) is 0.698. The third kappa shape index (κ3) is 3.96. The van der Waals surface area contributed by atoms with Crippen LogP contribution in [0.1, 0.15) is 21.3 Å². The lowest BCUT2D eigenvalue weighted by Crippen LogP contribution is -2.21. The monoisotopic (exact) mass is 128 g/mol. The van der Waals surface area contributed by atoms with Crippen molar-refractivity contribution in [3.05, 3.63) is 0 Å². The Labute approximate surface area is 47.7 Å². The predicted octanol–water partition coefficient (Wildman–Crippen LogP) is 2.64. The van der Waals surface area contributed by atoms with Crippen LogP contribution in [0.2, 0.25) is 0 Å². The van der Waals surface area contributed by atoms with Crippen molar-refractivity contribution >= 4 is 0 Å². The average molecular weight is 128 g/mol. The summed E-state index contributed by atoms with van der Waals surface area (Å²) in [5.74, 6) is -3.17. The molecule has 0 nitrogen and oxygen atoms in total. The van der Waals surface area contributed by atoms with Crippen LogP contribution in [0.5, 0.6) is 0 Å². The molecule has 3 heteroatoms. The Balaban J connectivity index is 0. The molecule has 0 bridgehead atoms. The molecule has 0 rings (SSSR count). The second kappa shape index (κ2) is 2.95. The van der Waals surface area contributed by atoms with Crippen molar-refractivity contribution < 1.29 is 13.2 Å². The van der Waals surface area contributed by atoms with Crippen molar-refractivity contribution in [2.75, 3.05) is 0 Å². The van der Waals surface area contributed by atoms with Gasteiger partial charge in [0.15, 0.2) is 6.17 Å². The maximum absolute atomic E-state index is 11.5. The highest BCUT2D eigenvalue weighted by atomic mass is 19.3. The molecule has 0 spiro atoms. The topological polar surface area (TPSA) is 0 Å². The van der Waals surface area contributed by atoms with Crippen molar-refractivity contribution in [3.63, 3.8) is 0 Å². The largest absolute Gasteiger partial charge is 0.275 e. The number of rotatable bonds is 1. The molecule has 0 aliphatic heterocycles. The lowest BCUT2D eigenvalue weighted by Gasteiger charge is -2.09. The fourth-order valence-corrected chi connectivity index (χ4v) is 0. The van der Waals surface area contributed by atoms with Gasteiger partial charge in [-0.1, -0.05) is 7.43 Å². The van der Waals surface area contributed by atoms with Gasteiger partial charge in [-0.15, -0.1) is 0 Å². The van der Waals surface area contributed by atoms with Crippen LogP contribution in [0.3, 0.4) is 0 Å². The maximum atomic E-state index is 11.5. The van der Waals surface area contributed by atoms with E-state index in [2.05, 4.69) is 0 Å². The normalized spacial score (nSPS) is 14.6. The fraction of sp³-hybridized carbons (Fsp3) is 1.00. The summed E-state index contributed by atoms with van der Waals surface area (Å²) in [7, 11) is 0. The van der Waals surface area contributed by atoms with Gasteiger partial charge in [0.2, 0.25) is 0 Å². The van der Waals surface area contributed by atoms with E-state index in [0.717, 1.165) is 6.92 Å². The zero-order valence-corrected chi connectivity index (χ0v) is 4.21. The summed E-state index contributed by atoms with van der Waals surface area (Å²) >= 11 is 0. The Bertz CT molecular complexity index is 53.2. The molecule has 0 aromatic heterocycles. The first-order valence-corrected chi connectivity index (χ1v) is 1.96. The molecule has 0 amide bonds. The molecule has 0 fully saturated rings. The summed E-state index contributed by atoms with van der Waals surface area (Å²) in [6.07, 6.45) is -2.03. The molecule has 0 saturated carbocycles. The van der Waals surface area contributed by atoms with Gasteiger partial charge in [-0.2, -0.15) is 0 Å². The summed E-state index contributed by atoms with van der Waals surface area (Å²) in [6, 6.07) is 0. The minimum atomic E-state index is -3.17. The highest BCUT2D eigenvalue weighted by Gasteiger charge is 2.29. The van der Waals surface area contributed by atoms with Gasteiger partial charge in [-0.3, -0.25) is 0 Å². The molecule has 0 aromatic rings. The van der Waals surface area contributed by atoms with E-state index < -0.39 is 12.1 Å². The van der Waals surface area contributed by atoms with Gasteiger partial charge in [-0.25, -0.2) is 13.2 Å². The van der Waals surface area contributed by atoms with E-state index in [1.807, 2.05) is 0 Å². The lowest BCUT2D eigenvalue weighted by atomic mass is 10.3. The van der Waals surface area contributed by atoms with Gasteiger partial charge in [0.1, 0.15) is 0 Å². The summed E-state index contributed by atoms with van der Waals surface area (Å²) in [5.41, 5.74) is 0. The van der Waals surface area contributed by atoms with E-state index in [9.17, 15) is 13.2 Å². The Morgan fingerprint density at radius 3 is 1.50 bits per heavy atom. The van der Waals surface area contributed by atoms with Crippen molar-refractivity contribution in [3.8, 4) is 0 Å². The first kappa shape index (κ1) is 10.7. The van der Waals surface area contributed by atoms with Crippen LogP contribution in [0.15, 0.2) is 0 Å². The van der Waals surface area contributed by atoms with Crippen molar-refractivity contribution in [2.45, 2.75) is 33.4 Å². The molecule has 0 N–H and O–H groups in total. The van der Waals surface area contributed by atoms with E-state index in [0.29, 0.717) is 6.92 Å². The van der Waals surface area contributed by atoms with Crippen LogP contribution < -0.4 is 0 Å². The summed E-state index contributed by atoms with van der Waals surface area (Å²) < 4.78 is 34.4. The minimum Gasteiger partial charge on any atom is -0.241 e. The van der Waals surface area contributed by atoms with E-state index in [1.54, 1.807) is 0 Å². The van der Waals surface area contributed by atoms with Gasteiger partial charge < -0.3 is 0 Å².